The highest BCUT2D eigenvalue weighted by Gasteiger charge is 2.29. The number of halogens is 2. The molecule has 0 amide bonds. The topological polar surface area (TPSA) is 60.4 Å². The smallest absolute Gasteiger partial charge is 0.342 e. The molecule has 2 aromatic carbocycles. The van der Waals surface area contributed by atoms with Crippen molar-refractivity contribution in [2.24, 2.45) is 0 Å². The van der Waals surface area contributed by atoms with Crippen LogP contribution in [0.4, 0.5) is 4.39 Å². The number of rotatable bonds is 3. The summed E-state index contributed by atoms with van der Waals surface area (Å²) in [4.78, 5) is 11.4. The first kappa shape index (κ1) is 16.6. The van der Waals surface area contributed by atoms with Crippen molar-refractivity contribution in [3.63, 3.8) is 0 Å². The minimum Gasteiger partial charge on any atom is -0.465 e. The average molecular weight is 387 g/mol. The summed E-state index contributed by atoms with van der Waals surface area (Å²) in [5, 5.41) is 0. The number of benzene rings is 2. The van der Waals surface area contributed by atoms with Gasteiger partial charge >= 0.3 is 5.97 Å². The molecule has 0 saturated carbocycles. The van der Waals surface area contributed by atoms with Gasteiger partial charge in [-0.2, -0.15) is 0 Å². The molecular weight excluding hydrogens is 375 g/mol. The Morgan fingerprint density at radius 3 is 2.41 bits per heavy atom. The fourth-order valence-corrected chi connectivity index (χ4v) is 4.34. The lowest BCUT2D eigenvalue weighted by molar-refractivity contribution is 0.0590. The van der Waals surface area contributed by atoms with Gasteiger partial charge in [-0.05, 0) is 30.7 Å². The van der Waals surface area contributed by atoms with Gasteiger partial charge in [0.25, 0.3) is 0 Å². The van der Waals surface area contributed by atoms with E-state index in [1.54, 1.807) is 25.1 Å². The quantitative estimate of drug-likeness (QED) is 0.757. The number of esters is 1. The van der Waals surface area contributed by atoms with E-state index in [1.165, 1.54) is 12.1 Å². The Kier molecular flexibility index (Phi) is 4.67. The lowest BCUT2D eigenvalue weighted by Crippen LogP contribution is -2.14. The summed E-state index contributed by atoms with van der Waals surface area (Å²) >= 11 is 3.05. The number of methoxy groups -OCH3 is 1. The summed E-state index contributed by atoms with van der Waals surface area (Å²) in [6.07, 6.45) is 0. The number of carbonyl (C=O) groups is 1. The van der Waals surface area contributed by atoms with Crippen LogP contribution in [0.25, 0.3) is 0 Å². The standard InChI is InChI=1S/C15H12BrFO4S/c1-9-5-3-4-6-12(9)22(19,20)13-8-10(16)7-11(17)14(13)15(18)21-2/h3-8H,1-2H3. The van der Waals surface area contributed by atoms with Gasteiger partial charge in [0.05, 0.1) is 16.9 Å². The van der Waals surface area contributed by atoms with Crippen LogP contribution < -0.4 is 0 Å². The van der Waals surface area contributed by atoms with Crippen molar-refractivity contribution in [1.82, 2.24) is 0 Å². The average Bonchev–Trinajstić information content (AvgIpc) is 2.46. The van der Waals surface area contributed by atoms with E-state index >= 15 is 0 Å². The highest BCUT2D eigenvalue weighted by Crippen LogP contribution is 2.31. The molecule has 0 saturated heterocycles. The van der Waals surface area contributed by atoms with E-state index in [1.807, 2.05) is 0 Å². The van der Waals surface area contributed by atoms with Crippen LogP contribution in [0.1, 0.15) is 15.9 Å². The number of carbonyl (C=O) groups excluding carboxylic acids is 1. The second-order valence-corrected chi connectivity index (χ2v) is 7.32. The van der Waals surface area contributed by atoms with Crippen molar-refractivity contribution in [2.75, 3.05) is 7.11 Å². The maximum absolute atomic E-state index is 14.1. The Hall–Kier alpha value is -1.73. The van der Waals surface area contributed by atoms with E-state index in [0.717, 1.165) is 13.2 Å². The molecule has 0 atom stereocenters. The van der Waals surface area contributed by atoms with E-state index in [2.05, 4.69) is 20.7 Å². The van der Waals surface area contributed by atoms with Crippen molar-refractivity contribution < 1.29 is 22.3 Å². The molecule has 2 aromatic rings. The zero-order valence-electron chi connectivity index (χ0n) is 11.8. The minimum absolute atomic E-state index is 0.0117. The first-order chi connectivity index (χ1) is 10.3. The van der Waals surface area contributed by atoms with Gasteiger partial charge in [-0.3, -0.25) is 0 Å². The van der Waals surface area contributed by atoms with Crippen LogP contribution in [0.15, 0.2) is 50.7 Å². The molecule has 0 aliphatic heterocycles. The van der Waals surface area contributed by atoms with Crippen LogP contribution in [0, 0.1) is 12.7 Å². The third kappa shape index (κ3) is 2.91. The number of ether oxygens (including phenoxy) is 1. The molecule has 7 heteroatoms. The molecule has 0 N–H and O–H groups in total. The number of hydrogen-bond acceptors (Lipinski definition) is 4. The third-order valence-electron chi connectivity index (χ3n) is 3.08. The largest absolute Gasteiger partial charge is 0.465 e. The fraction of sp³-hybridized carbons (Fsp3) is 0.133. The number of hydrogen-bond donors (Lipinski definition) is 0. The van der Waals surface area contributed by atoms with E-state index < -0.39 is 32.1 Å². The predicted octanol–water partition coefficient (Wildman–Crippen LogP) is 3.52. The van der Waals surface area contributed by atoms with Crippen LogP contribution in [0.3, 0.4) is 0 Å². The fourth-order valence-electron chi connectivity index (χ4n) is 2.04. The highest BCUT2D eigenvalue weighted by molar-refractivity contribution is 9.10. The van der Waals surface area contributed by atoms with Crippen molar-refractivity contribution >= 4 is 31.7 Å². The van der Waals surface area contributed by atoms with Crippen LogP contribution in [-0.4, -0.2) is 21.5 Å². The van der Waals surface area contributed by atoms with Gasteiger partial charge in [0, 0.05) is 4.47 Å². The normalized spacial score (nSPS) is 11.3. The lowest BCUT2D eigenvalue weighted by atomic mass is 10.2. The van der Waals surface area contributed by atoms with Crippen LogP contribution >= 0.6 is 15.9 Å². The minimum atomic E-state index is -4.07. The van der Waals surface area contributed by atoms with Gasteiger partial charge in [0.2, 0.25) is 9.84 Å². The van der Waals surface area contributed by atoms with E-state index in [9.17, 15) is 17.6 Å². The zero-order chi connectivity index (χ0) is 16.5. The van der Waals surface area contributed by atoms with Gasteiger partial charge < -0.3 is 4.74 Å². The second kappa shape index (κ2) is 6.18. The van der Waals surface area contributed by atoms with Crippen LogP contribution in [0.2, 0.25) is 0 Å². The molecule has 0 heterocycles. The molecule has 2 rings (SSSR count). The summed E-state index contributed by atoms with van der Waals surface area (Å²) in [5.41, 5.74) is -0.104. The van der Waals surface area contributed by atoms with Gasteiger partial charge in [-0.15, -0.1) is 0 Å². The molecule has 0 aliphatic carbocycles. The van der Waals surface area contributed by atoms with Crippen molar-refractivity contribution in [3.8, 4) is 0 Å². The van der Waals surface area contributed by atoms with E-state index in [0.29, 0.717) is 5.56 Å². The summed E-state index contributed by atoms with van der Waals surface area (Å²) in [5.74, 6) is -2.01. The maximum atomic E-state index is 14.1. The monoisotopic (exact) mass is 386 g/mol. The van der Waals surface area contributed by atoms with Crippen LogP contribution in [-0.2, 0) is 14.6 Å². The number of sulfone groups is 1. The van der Waals surface area contributed by atoms with Crippen molar-refractivity contribution in [3.05, 3.63) is 57.8 Å². The Labute approximate surface area is 136 Å². The van der Waals surface area contributed by atoms with E-state index in [-0.39, 0.29) is 9.37 Å². The Balaban J connectivity index is 2.82. The first-order valence-corrected chi connectivity index (χ1v) is 8.44. The summed E-state index contributed by atoms with van der Waals surface area (Å²) in [6.45, 7) is 1.62. The van der Waals surface area contributed by atoms with Crippen LogP contribution in [0.5, 0.6) is 0 Å². The number of aryl methyl sites for hydroxylation is 1. The van der Waals surface area contributed by atoms with Gasteiger partial charge in [-0.1, -0.05) is 34.1 Å². The molecular formula is C15H12BrFO4S. The van der Waals surface area contributed by atoms with Gasteiger partial charge in [0.1, 0.15) is 11.4 Å². The molecule has 116 valence electrons. The molecule has 0 fully saturated rings. The summed E-state index contributed by atoms with van der Waals surface area (Å²) in [6, 6.07) is 8.49. The Morgan fingerprint density at radius 2 is 1.82 bits per heavy atom. The van der Waals surface area contributed by atoms with Gasteiger partial charge in [-0.25, -0.2) is 17.6 Å². The molecule has 0 aromatic heterocycles. The molecule has 22 heavy (non-hydrogen) atoms. The maximum Gasteiger partial charge on any atom is 0.342 e. The summed E-state index contributed by atoms with van der Waals surface area (Å²) < 4.78 is 44.4. The van der Waals surface area contributed by atoms with Crippen molar-refractivity contribution in [2.45, 2.75) is 16.7 Å². The molecule has 0 aliphatic rings. The lowest BCUT2D eigenvalue weighted by Gasteiger charge is -2.12. The first-order valence-electron chi connectivity index (χ1n) is 6.17. The summed E-state index contributed by atoms with van der Waals surface area (Å²) in [7, 11) is -3.01. The molecule has 0 spiro atoms. The van der Waals surface area contributed by atoms with Gasteiger partial charge in [0.15, 0.2) is 0 Å². The molecule has 0 radical (unpaired) electrons. The Bertz CT molecular complexity index is 847. The SMILES string of the molecule is COC(=O)c1c(F)cc(Br)cc1S(=O)(=O)c1ccccc1C. The second-order valence-electron chi connectivity index (χ2n) is 4.52. The predicted molar refractivity (Wildman–Crippen MR) is 82.1 cm³/mol. The molecule has 4 nitrogen and oxygen atoms in total. The third-order valence-corrected chi connectivity index (χ3v) is 5.48. The van der Waals surface area contributed by atoms with E-state index in [4.69, 9.17) is 0 Å². The molecule has 0 bridgehead atoms. The zero-order valence-corrected chi connectivity index (χ0v) is 14.2. The van der Waals surface area contributed by atoms with Crippen molar-refractivity contribution in [1.29, 1.82) is 0 Å². The Morgan fingerprint density at radius 1 is 1.18 bits per heavy atom. The molecule has 0 unspecified atom stereocenters. The highest BCUT2D eigenvalue weighted by atomic mass is 79.9.